The molecule has 0 fully saturated rings. The molecule has 0 radical (unpaired) electrons. The fourth-order valence-corrected chi connectivity index (χ4v) is 1.84. The lowest BCUT2D eigenvalue weighted by Crippen LogP contribution is -2.43. The van der Waals surface area contributed by atoms with Crippen LogP contribution in [0.5, 0.6) is 0 Å². The monoisotopic (exact) mass is 249 g/mol. The highest BCUT2D eigenvalue weighted by molar-refractivity contribution is 5.76. The summed E-state index contributed by atoms with van der Waals surface area (Å²) in [5.41, 5.74) is 1.08. The molecule has 0 bridgehead atoms. The lowest BCUT2D eigenvalue weighted by Gasteiger charge is -2.26. The Kier molecular flexibility index (Phi) is 5.86. The quantitative estimate of drug-likeness (QED) is 0.779. The van der Waals surface area contributed by atoms with Crippen molar-refractivity contribution in [3.63, 3.8) is 0 Å². The van der Waals surface area contributed by atoms with Crippen LogP contribution in [0.2, 0.25) is 0 Å². The molecule has 3 heteroatoms. The normalized spacial score (nSPS) is 11.3. The molecule has 18 heavy (non-hydrogen) atoms. The zero-order chi connectivity index (χ0) is 13.4. The van der Waals surface area contributed by atoms with Crippen LogP contribution in [0, 0.1) is 0 Å². The van der Waals surface area contributed by atoms with Crippen molar-refractivity contribution >= 4 is 5.91 Å². The first kappa shape index (κ1) is 14.7. The number of aryl methyl sites for hydroxylation is 1. The second-order valence-electron chi connectivity index (χ2n) is 5.24. The van der Waals surface area contributed by atoms with Crippen molar-refractivity contribution in [2.75, 3.05) is 6.61 Å². The van der Waals surface area contributed by atoms with E-state index in [1.165, 1.54) is 5.56 Å². The number of aliphatic hydroxyl groups excluding tert-OH is 1. The summed E-state index contributed by atoms with van der Waals surface area (Å²) in [5.74, 6) is 0.0158. The van der Waals surface area contributed by atoms with Gasteiger partial charge in [-0.05, 0) is 38.7 Å². The van der Waals surface area contributed by atoms with Gasteiger partial charge in [0.2, 0.25) is 5.91 Å². The maximum Gasteiger partial charge on any atom is 0.220 e. The summed E-state index contributed by atoms with van der Waals surface area (Å²) in [5, 5.41) is 11.7. The molecule has 0 saturated heterocycles. The van der Waals surface area contributed by atoms with Crippen molar-refractivity contribution in [2.45, 2.75) is 45.1 Å². The summed E-state index contributed by atoms with van der Waals surface area (Å²) in [6, 6.07) is 10.3. The zero-order valence-corrected chi connectivity index (χ0v) is 11.3. The Morgan fingerprint density at radius 2 is 1.94 bits per heavy atom. The number of aliphatic hydroxyl groups is 1. The summed E-state index contributed by atoms with van der Waals surface area (Å²) in [6.07, 6.45) is 2.78. The second kappa shape index (κ2) is 7.17. The minimum absolute atomic E-state index is 0.0158. The highest BCUT2D eigenvalue weighted by Gasteiger charge is 2.19. The third kappa shape index (κ3) is 5.82. The second-order valence-corrected chi connectivity index (χ2v) is 5.24. The van der Waals surface area contributed by atoms with Crippen LogP contribution < -0.4 is 5.32 Å². The molecule has 0 aromatic heterocycles. The maximum absolute atomic E-state index is 11.6. The van der Waals surface area contributed by atoms with Gasteiger partial charge in [0.25, 0.3) is 0 Å². The SMILES string of the molecule is CC(C)(CCc1ccccc1)NC(=O)CCCO. The Morgan fingerprint density at radius 1 is 1.28 bits per heavy atom. The molecule has 0 aliphatic heterocycles. The molecular weight excluding hydrogens is 226 g/mol. The van der Waals surface area contributed by atoms with E-state index in [1.807, 2.05) is 32.0 Å². The Balaban J connectivity index is 2.37. The van der Waals surface area contributed by atoms with E-state index < -0.39 is 0 Å². The summed E-state index contributed by atoms with van der Waals surface area (Å²) in [7, 11) is 0. The van der Waals surface area contributed by atoms with Crippen molar-refractivity contribution in [3.05, 3.63) is 35.9 Å². The van der Waals surface area contributed by atoms with Gasteiger partial charge in [0.15, 0.2) is 0 Å². The van der Waals surface area contributed by atoms with E-state index in [0.29, 0.717) is 12.8 Å². The van der Waals surface area contributed by atoms with E-state index in [1.54, 1.807) is 0 Å². The average molecular weight is 249 g/mol. The molecule has 100 valence electrons. The number of rotatable bonds is 7. The summed E-state index contributed by atoms with van der Waals surface area (Å²) in [4.78, 5) is 11.6. The number of benzene rings is 1. The number of carbonyl (C=O) groups excluding carboxylic acids is 1. The largest absolute Gasteiger partial charge is 0.396 e. The minimum atomic E-state index is -0.206. The molecule has 0 atom stereocenters. The number of hydrogen-bond acceptors (Lipinski definition) is 2. The van der Waals surface area contributed by atoms with E-state index in [4.69, 9.17) is 5.11 Å². The van der Waals surface area contributed by atoms with Crippen molar-refractivity contribution in [3.8, 4) is 0 Å². The highest BCUT2D eigenvalue weighted by Crippen LogP contribution is 2.13. The standard InChI is InChI=1S/C15H23NO2/c1-15(2,16-14(18)9-6-12-17)11-10-13-7-4-3-5-8-13/h3-5,7-8,17H,6,9-12H2,1-2H3,(H,16,18). The Hall–Kier alpha value is -1.35. The van der Waals surface area contributed by atoms with Gasteiger partial charge in [-0.25, -0.2) is 0 Å². The van der Waals surface area contributed by atoms with E-state index in [9.17, 15) is 4.79 Å². The topological polar surface area (TPSA) is 49.3 Å². The van der Waals surface area contributed by atoms with Crippen LogP contribution in [0.15, 0.2) is 30.3 Å². The molecule has 0 unspecified atom stereocenters. The van der Waals surface area contributed by atoms with Crippen molar-refractivity contribution < 1.29 is 9.90 Å². The zero-order valence-electron chi connectivity index (χ0n) is 11.3. The van der Waals surface area contributed by atoms with E-state index in [0.717, 1.165) is 12.8 Å². The molecule has 0 aliphatic rings. The van der Waals surface area contributed by atoms with Gasteiger partial charge in [0, 0.05) is 18.6 Å². The first-order valence-electron chi connectivity index (χ1n) is 6.49. The molecule has 0 saturated carbocycles. The fraction of sp³-hybridized carbons (Fsp3) is 0.533. The lowest BCUT2D eigenvalue weighted by atomic mass is 9.95. The van der Waals surface area contributed by atoms with Crippen LogP contribution in [0.25, 0.3) is 0 Å². The van der Waals surface area contributed by atoms with E-state index >= 15 is 0 Å². The molecular formula is C15H23NO2. The van der Waals surface area contributed by atoms with Crippen LogP contribution in [-0.2, 0) is 11.2 Å². The van der Waals surface area contributed by atoms with Crippen LogP contribution in [0.3, 0.4) is 0 Å². The van der Waals surface area contributed by atoms with Crippen LogP contribution in [-0.4, -0.2) is 23.2 Å². The van der Waals surface area contributed by atoms with Gasteiger partial charge < -0.3 is 10.4 Å². The molecule has 1 aromatic rings. The molecule has 0 spiro atoms. The summed E-state index contributed by atoms with van der Waals surface area (Å²) in [6.45, 7) is 4.14. The van der Waals surface area contributed by atoms with Gasteiger partial charge in [-0.15, -0.1) is 0 Å². The van der Waals surface area contributed by atoms with Crippen LogP contribution in [0.1, 0.15) is 38.7 Å². The smallest absolute Gasteiger partial charge is 0.220 e. The maximum atomic E-state index is 11.6. The number of amides is 1. The predicted octanol–water partition coefficient (Wildman–Crippen LogP) is 2.29. The third-order valence-corrected chi connectivity index (χ3v) is 2.92. The average Bonchev–Trinajstić information content (AvgIpc) is 2.35. The Labute approximate surface area is 109 Å². The fourth-order valence-electron chi connectivity index (χ4n) is 1.84. The predicted molar refractivity (Wildman–Crippen MR) is 73.3 cm³/mol. The molecule has 1 amide bonds. The van der Waals surface area contributed by atoms with Crippen molar-refractivity contribution in [1.82, 2.24) is 5.32 Å². The summed E-state index contributed by atoms with van der Waals surface area (Å²) >= 11 is 0. The number of carbonyl (C=O) groups is 1. The van der Waals surface area contributed by atoms with Gasteiger partial charge >= 0.3 is 0 Å². The lowest BCUT2D eigenvalue weighted by molar-refractivity contribution is -0.123. The molecule has 2 N–H and O–H groups in total. The first-order valence-corrected chi connectivity index (χ1v) is 6.49. The van der Waals surface area contributed by atoms with Gasteiger partial charge in [0.05, 0.1) is 0 Å². The van der Waals surface area contributed by atoms with Gasteiger partial charge in [-0.3, -0.25) is 4.79 Å². The van der Waals surface area contributed by atoms with Gasteiger partial charge in [0.1, 0.15) is 0 Å². The molecule has 1 rings (SSSR count). The van der Waals surface area contributed by atoms with E-state index in [2.05, 4.69) is 17.4 Å². The van der Waals surface area contributed by atoms with Gasteiger partial charge in [-0.1, -0.05) is 30.3 Å². The number of nitrogens with one attached hydrogen (secondary N) is 1. The Bertz CT molecular complexity index is 360. The third-order valence-electron chi connectivity index (χ3n) is 2.92. The van der Waals surface area contributed by atoms with Crippen molar-refractivity contribution in [1.29, 1.82) is 0 Å². The minimum Gasteiger partial charge on any atom is -0.396 e. The number of hydrogen-bond donors (Lipinski definition) is 2. The van der Waals surface area contributed by atoms with Crippen LogP contribution >= 0.6 is 0 Å². The molecule has 1 aromatic carbocycles. The van der Waals surface area contributed by atoms with Gasteiger partial charge in [-0.2, -0.15) is 0 Å². The molecule has 3 nitrogen and oxygen atoms in total. The first-order chi connectivity index (χ1) is 8.53. The highest BCUT2D eigenvalue weighted by atomic mass is 16.3. The molecule has 0 heterocycles. The van der Waals surface area contributed by atoms with E-state index in [-0.39, 0.29) is 18.1 Å². The van der Waals surface area contributed by atoms with Crippen LogP contribution in [0.4, 0.5) is 0 Å². The summed E-state index contributed by atoms with van der Waals surface area (Å²) < 4.78 is 0. The molecule has 0 aliphatic carbocycles. The Morgan fingerprint density at radius 3 is 2.56 bits per heavy atom. The van der Waals surface area contributed by atoms with Crippen molar-refractivity contribution in [2.24, 2.45) is 0 Å².